The van der Waals surface area contributed by atoms with Crippen LogP contribution >= 0.6 is 11.3 Å². The summed E-state index contributed by atoms with van der Waals surface area (Å²) >= 11 is 1.76. The van der Waals surface area contributed by atoms with Gasteiger partial charge in [-0.05, 0) is 32.1 Å². The molecule has 1 saturated carbocycles. The lowest BCUT2D eigenvalue weighted by Crippen LogP contribution is -2.49. The van der Waals surface area contributed by atoms with E-state index in [-0.39, 0.29) is 18.4 Å². The number of hydrogen-bond donors (Lipinski definition) is 1. The largest absolute Gasteiger partial charge is 0.381 e. The van der Waals surface area contributed by atoms with E-state index >= 15 is 0 Å². The number of aromatic nitrogens is 1. The number of hydrogen-bond acceptors (Lipinski definition) is 5. The molecule has 0 aromatic carbocycles. The van der Waals surface area contributed by atoms with Crippen molar-refractivity contribution in [1.82, 2.24) is 15.2 Å². The van der Waals surface area contributed by atoms with Crippen LogP contribution < -0.4 is 5.32 Å². The normalized spacial score (nSPS) is 26.7. The van der Waals surface area contributed by atoms with Crippen LogP contribution in [0.15, 0.2) is 5.38 Å². The van der Waals surface area contributed by atoms with Crippen molar-refractivity contribution in [3.05, 3.63) is 16.1 Å². The number of thiazole rings is 1. The number of ether oxygens (including phenoxy) is 1. The third-order valence-electron chi connectivity index (χ3n) is 5.51. The van der Waals surface area contributed by atoms with Crippen LogP contribution in [0.2, 0.25) is 0 Å². The molecule has 25 heavy (non-hydrogen) atoms. The van der Waals surface area contributed by atoms with Crippen LogP contribution in [0.5, 0.6) is 0 Å². The molecule has 138 valence electrons. The lowest BCUT2D eigenvalue weighted by Gasteiger charge is -2.36. The van der Waals surface area contributed by atoms with Gasteiger partial charge in [-0.15, -0.1) is 11.3 Å². The molecular formula is C18H26FN3O2S. The molecule has 5 nitrogen and oxygen atoms in total. The molecule has 1 amide bonds. The van der Waals surface area contributed by atoms with Crippen LogP contribution in [-0.4, -0.2) is 54.3 Å². The van der Waals surface area contributed by atoms with Gasteiger partial charge in [0.2, 0.25) is 5.91 Å². The average Bonchev–Trinajstić information content (AvgIpc) is 3.11. The van der Waals surface area contributed by atoms with E-state index in [0.717, 1.165) is 31.7 Å². The number of likely N-dealkylation sites (tertiary alicyclic amines) is 1. The summed E-state index contributed by atoms with van der Waals surface area (Å²) in [5.74, 6) is 0.536. The van der Waals surface area contributed by atoms with E-state index in [1.54, 1.807) is 11.3 Å². The van der Waals surface area contributed by atoms with Crippen LogP contribution in [0.4, 0.5) is 4.39 Å². The molecule has 1 unspecified atom stereocenters. The monoisotopic (exact) mass is 367 g/mol. The highest BCUT2D eigenvalue weighted by Crippen LogP contribution is 2.41. The first-order valence-corrected chi connectivity index (χ1v) is 10.2. The second-order valence-electron chi connectivity index (χ2n) is 7.66. The van der Waals surface area contributed by atoms with Crippen molar-refractivity contribution in [2.45, 2.75) is 50.2 Å². The molecule has 7 heteroatoms. The minimum absolute atomic E-state index is 0.0629. The van der Waals surface area contributed by atoms with Gasteiger partial charge in [-0.3, -0.25) is 9.69 Å². The second-order valence-corrected chi connectivity index (χ2v) is 8.55. The van der Waals surface area contributed by atoms with E-state index < -0.39 is 5.67 Å². The fourth-order valence-electron chi connectivity index (χ4n) is 3.56. The molecule has 2 aliphatic heterocycles. The van der Waals surface area contributed by atoms with Crippen molar-refractivity contribution in [3.63, 3.8) is 0 Å². The Balaban J connectivity index is 1.21. The fraction of sp³-hybridized carbons (Fsp3) is 0.778. The fourth-order valence-corrected chi connectivity index (χ4v) is 4.54. The van der Waals surface area contributed by atoms with Gasteiger partial charge >= 0.3 is 0 Å². The Kier molecular flexibility index (Phi) is 5.06. The van der Waals surface area contributed by atoms with Crippen LogP contribution in [0.3, 0.4) is 0 Å². The minimum Gasteiger partial charge on any atom is -0.381 e. The molecule has 1 aliphatic carbocycles. The van der Waals surface area contributed by atoms with Crippen molar-refractivity contribution in [2.24, 2.45) is 5.92 Å². The van der Waals surface area contributed by atoms with E-state index in [1.165, 1.54) is 17.8 Å². The maximum atomic E-state index is 15.0. The van der Waals surface area contributed by atoms with Crippen molar-refractivity contribution < 1.29 is 13.9 Å². The topological polar surface area (TPSA) is 54.5 Å². The van der Waals surface area contributed by atoms with Crippen LogP contribution in [0.1, 0.15) is 48.7 Å². The van der Waals surface area contributed by atoms with Crippen LogP contribution in [0.25, 0.3) is 0 Å². The van der Waals surface area contributed by atoms with Gasteiger partial charge in [-0.1, -0.05) is 0 Å². The Morgan fingerprint density at radius 1 is 1.40 bits per heavy atom. The Labute approximate surface area is 151 Å². The van der Waals surface area contributed by atoms with Gasteiger partial charge < -0.3 is 10.1 Å². The summed E-state index contributed by atoms with van der Waals surface area (Å²) in [6.07, 6.45) is 4.23. The summed E-state index contributed by atoms with van der Waals surface area (Å²) in [4.78, 5) is 19.0. The molecule has 0 spiro atoms. The van der Waals surface area contributed by atoms with Gasteiger partial charge in [0.05, 0.1) is 29.8 Å². The molecular weight excluding hydrogens is 341 g/mol. The summed E-state index contributed by atoms with van der Waals surface area (Å²) in [6, 6.07) is 0. The predicted octanol–water partition coefficient (Wildman–Crippen LogP) is 2.48. The van der Waals surface area contributed by atoms with E-state index in [0.29, 0.717) is 32.0 Å². The number of carbonyl (C=O) groups excluding carboxylic acids is 1. The molecule has 1 N–H and O–H groups in total. The number of piperidine rings is 1. The number of amides is 1. The number of nitrogens with zero attached hydrogens (tertiary/aromatic N) is 2. The zero-order chi connectivity index (χ0) is 17.3. The molecule has 1 aromatic rings. The number of halogens is 1. The van der Waals surface area contributed by atoms with E-state index in [1.807, 2.05) is 0 Å². The summed E-state index contributed by atoms with van der Waals surface area (Å²) in [6.45, 7) is 3.47. The van der Waals surface area contributed by atoms with E-state index in [2.05, 4.69) is 15.6 Å². The quantitative estimate of drug-likeness (QED) is 0.839. The number of nitrogens with one attached hydrogen (secondary N) is 1. The van der Waals surface area contributed by atoms with Crippen molar-refractivity contribution in [2.75, 3.05) is 32.8 Å². The predicted molar refractivity (Wildman–Crippen MR) is 94.4 cm³/mol. The van der Waals surface area contributed by atoms with Gasteiger partial charge in [0, 0.05) is 37.5 Å². The molecule has 4 rings (SSSR count). The van der Waals surface area contributed by atoms with Gasteiger partial charge in [-0.25, -0.2) is 9.37 Å². The Hall–Kier alpha value is -1.05. The van der Waals surface area contributed by atoms with E-state index in [4.69, 9.17) is 9.72 Å². The minimum atomic E-state index is -1.28. The third-order valence-corrected chi connectivity index (χ3v) is 6.57. The van der Waals surface area contributed by atoms with E-state index in [9.17, 15) is 9.18 Å². The highest BCUT2D eigenvalue weighted by molar-refractivity contribution is 7.09. The molecule has 3 heterocycles. The summed E-state index contributed by atoms with van der Waals surface area (Å²) in [7, 11) is 0. The molecule has 1 atom stereocenters. The van der Waals surface area contributed by atoms with Crippen molar-refractivity contribution in [1.29, 1.82) is 0 Å². The first kappa shape index (κ1) is 17.4. The number of alkyl halides is 1. The first-order chi connectivity index (χ1) is 12.1. The smallest absolute Gasteiger partial charge is 0.225 e. The molecule has 0 bridgehead atoms. The van der Waals surface area contributed by atoms with Gasteiger partial charge in [0.25, 0.3) is 0 Å². The SMILES string of the molecule is O=C(NCC1(F)CCN(Cc2csc(C3CC3)n2)CC1)C1CCOC1. The third kappa shape index (κ3) is 4.38. The molecule has 1 aromatic heterocycles. The standard InChI is InChI=1S/C18H26FN3O2S/c19-18(12-20-16(23)14-3-8-24-10-14)4-6-22(7-5-18)9-15-11-25-17(21-15)13-1-2-13/h11,13-14H,1-10,12H2,(H,20,23). The van der Waals surface area contributed by atoms with Gasteiger partial charge in [-0.2, -0.15) is 0 Å². The second kappa shape index (κ2) is 7.29. The highest BCUT2D eigenvalue weighted by atomic mass is 32.1. The molecule has 2 saturated heterocycles. The zero-order valence-electron chi connectivity index (χ0n) is 14.5. The molecule has 3 aliphatic rings. The van der Waals surface area contributed by atoms with Crippen molar-refractivity contribution in [3.8, 4) is 0 Å². The highest BCUT2D eigenvalue weighted by Gasteiger charge is 2.36. The van der Waals surface area contributed by atoms with Gasteiger partial charge in [0.15, 0.2) is 0 Å². The summed E-state index contributed by atoms with van der Waals surface area (Å²) in [5.41, 5.74) is -0.167. The van der Waals surface area contributed by atoms with Gasteiger partial charge in [0.1, 0.15) is 5.67 Å². The lowest BCUT2D eigenvalue weighted by molar-refractivity contribution is -0.125. The Morgan fingerprint density at radius 2 is 2.20 bits per heavy atom. The maximum Gasteiger partial charge on any atom is 0.225 e. The van der Waals surface area contributed by atoms with Crippen molar-refractivity contribution >= 4 is 17.2 Å². The summed E-state index contributed by atoms with van der Waals surface area (Å²) < 4.78 is 20.2. The zero-order valence-corrected chi connectivity index (χ0v) is 15.3. The number of rotatable bonds is 6. The van der Waals surface area contributed by atoms with Crippen LogP contribution in [0, 0.1) is 5.92 Å². The van der Waals surface area contributed by atoms with Crippen LogP contribution in [-0.2, 0) is 16.1 Å². The lowest BCUT2D eigenvalue weighted by atomic mass is 9.93. The molecule has 3 fully saturated rings. The first-order valence-electron chi connectivity index (χ1n) is 9.32. The number of carbonyl (C=O) groups is 1. The average molecular weight is 367 g/mol. The molecule has 0 radical (unpaired) electrons. The Morgan fingerprint density at radius 3 is 2.88 bits per heavy atom. The maximum absolute atomic E-state index is 15.0. The Bertz CT molecular complexity index is 605. The summed E-state index contributed by atoms with van der Waals surface area (Å²) in [5, 5.41) is 6.22.